The van der Waals surface area contributed by atoms with Crippen LogP contribution in [0.15, 0.2) is 18.3 Å². The molecule has 2 rings (SSSR count). The third kappa shape index (κ3) is 6.17. The quantitative estimate of drug-likeness (QED) is 0.690. The molecule has 1 aromatic rings. The third-order valence-electron chi connectivity index (χ3n) is 4.41. The molecule has 1 fully saturated rings. The van der Waals surface area contributed by atoms with Gasteiger partial charge in [-0.15, -0.1) is 0 Å². The Labute approximate surface area is 152 Å². The Hall–Kier alpha value is -2.20. The van der Waals surface area contributed by atoms with E-state index >= 15 is 0 Å². The molecule has 0 saturated heterocycles. The Bertz CT molecular complexity index is 657. The van der Waals surface area contributed by atoms with Gasteiger partial charge < -0.3 is 15.5 Å². The van der Waals surface area contributed by atoms with Gasteiger partial charge in [0.25, 0.3) is 0 Å². The van der Waals surface area contributed by atoms with Gasteiger partial charge in [0, 0.05) is 26.3 Å². The maximum Gasteiger partial charge on any atom is 0.405 e. The largest absolute Gasteiger partial charge is 0.405 e. The summed E-state index contributed by atoms with van der Waals surface area (Å²) in [6.07, 6.45) is -7.35. The lowest BCUT2D eigenvalue weighted by molar-refractivity contribution is -0.188. The van der Waals surface area contributed by atoms with Crippen molar-refractivity contribution in [2.24, 2.45) is 5.41 Å². The summed E-state index contributed by atoms with van der Waals surface area (Å²) in [4.78, 5) is 16.5. The summed E-state index contributed by atoms with van der Waals surface area (Å²) >= 11 is 0. The molecule has 2 N–H and O–H groups in total. The monoisotopic (exact) mass is 398 g/mol. The van der Waals surface area contributed by atoms with Crippen LogP contribution in [0.25, 0.3) is 0 Å². The number of anilines is 1. The van der Waals surface area contributed by atoms with Gasteiger partial charge in [-0.1, -0.05) is 0 Å². The van der Waals surface area contributed by atoms with Crippen molar-refractivity contribution in [2.45, 2.75) is 38.2 Å². The number of aromatic nitrogens is 1. The van der Waals surface area contributed by atoms with Gasteiger partial charge in [0.2, 0.25) is 0 Å². The molecule has 1 aromatic heterocycles. The van der Waals surface area contributed by atoms with Crippen LogP contribution in [0.4, 0.5) is 37.0 Å². The summed E-state index contributed by atoms with van der Waals surface area (Å²) in [5, 5.41) is 4.82. The second-order valence-corrected chi connectivity index (χ2v) is 6.63. The van der Waals surface area contributed by atoms with Crippen LogP contribution in [-0.2, 0) is 6.54 Å². The fraction of sp³-hybridized carbons (Fsp3) is 0.625. The van der Waals surface area contributed by atoms with E-state index in [0.29, 0.717) is 5.56 Å². The van der Waals surface area contributed by atoms with Crippen LogP contribution in [0.1, 0.15) is 24.8 Å². The molecule has 27 heavy (non-hydrogen) atoms. The van der Waals surface area contributed by atoms with Crippen LogP contribution in [0.5, 0.6) is 0 Å². The molecule has 0 atom stereocenters. The number of rotatable bonds is 7. The lowest BCUT2D eigenvalue weighted by Gasteiger charge is -2.20. The summed E-state index contributed by atoms with van der Waals surface area (Å²) in [6.45, 7) is -1.27. The molecule has 11 heteroatoms. The van der Waals surface area contributed by atoms with E-state index in [-0.39, 0.29) is 38.2 Å². The van der Waals surface area contributed by atoms with Gasteiger partial charge in [0.15, 0.2) is 0 Å². The van der Waals surface area contributed by atoms with Crippen LogP contribution in [0.3, 0.4) is 0 Å². The zero-order valence-electron chi connectivity index (χ0n) is 14.5. The predicted octanol–water partition coefficient (Wildman–Crippen LogP) is 3.61. The molecule has 0 spiro atoms. The number of alkyl halides is 6. The SMILES string of the molecule is CN(CC(F)(F)F)c1cc(CNC(=O)NCCC2(C(F)(F)F)CC2)ccn1. The minimum Gasteiger partial charge on any atom is -0.351 e. The maximum absolute atomic E-state index is 12.8. The highest BCUT2D eigenvalue weighted by Gasteiger charge is 2.62. The smallest absolute Gasteiger partial charge is 0.351 e. The van der Waals surface area contributed by atoms with Crippen LogP contribution in [0, 0.1) is 5.41 Å². The average molecular weight is 398 g/mol. The first-order valence-corrected chi connectivity index (χ1v) is 8.23. The van der Waals surface area contributed by atoms with E-state index in [0.717, 1.165) is 4.90 Å². The predicted molar refractivity (Wildman–Crippen MR) is 86.1 cm³/mol. The van der Waals surface area contributed by atoms with E-state index < -0.39 is 30.3 Å². The lowest BCUT2D eigenvalue weighted by atomic mass is 10.0. The first-order chi connectivity index (χ1) is 12.4. The van der Waals surface area contributed by atoms with E-state index in [1.54, 1.807) is 0 Å². The topological polar surface area (TPSA) is 57.3 Å². The molecule has 152 valence electrons. The second-order valence-electron chi connectivity index (χ2n) is 6.63. The Kier molecular flexibility index (Phi) is 6.10. The molecule has 5 nitrogen and oxygen atoms in total. The average Bonchev–Trinajstić information content (AvgIpc) is 3.32. The molecule has 0 aliphatic heterocycles. The number of hydrogen-bond acceptors (Lipinski definition) is 3. The van der Waals surface area contributed by atoms with Crippen molar-refractivity contribution >= 4 is 11.8 Å². The van der Waals surface area contributed by atoms with Gasteiger partial charge in [-0.25, -0.2) is 9.78 Å². The van der Waals surface area contributed by atoms with E-state index in [2.05, 4.69) is 15.6 Å². The van der Waals surface area contributed by atoms with E-state index in [9.17, 15) is 31.1 Å². The molecule has 2 amide bonds. The Morgan fingerprint density at radius 3 is 2.44 bits per heavy atom. The van der Waals surface area contributed by atoms with Crippen LogP contribution in [-0.4, -0.2) is 43.5 Å². The molecular formula is C16H20F6N4O. The van der Waals surface area contributed by atoms with Gasteiger partial charge in [0.1, 0.15) is 12.4 Å². The van der Waals surface area contributed by atoms with Gasteiger partial charge in [0.05, 0.1) is 5.41 Å². The molecule has 0 unspecified atom stereocenters. The van der Waals surface area contributed by atoms with Crippen molar-refractivity contribution in [3.63, 3.8) is 0 Å². The van der Waals surface area contributed by atoms with Crippen molar-refractivity contribution in [1.29, 1.82) is 0 Å². The van der Waals surface area contributed by atoms with E-state index in [1.807, 2.05) is 0 Å². The van der Waals surface area contributed by atoms with Crippen molar-refractivity contribution in [3.05, 3.63) is 23.9 Å². The van der Waals surface area contributed by atoms with Crippen LogP contribution >= 0.6 is 0 Å². The summed E-state index contributed by atoms with van der Waals surface area (Å²) in [5.74, 6) is 0.0906. The van der Waals surface area contributed by atoms with E-state index in [1.165, 1.54) is 25.4 Å². The number of amides is 2. The number of carbonyl (C=O) groups is 1. The minimum absolute atomic E-state index is 0.00558. The molecule has 0 radical (unpaired) electrons. The number of hydrogen-bond donors (Lipinski definition) is 2. The first-order valence-electron chi connectivity index (χ1n) is 8.23. The summed E-state index contributed by atoms with van der Waals surface area (Å²) < 4.78 is 75.6. The van der Waals surface area contributed by atoms with Crippen LogP contribution < -0.4 is 15.5 Å². The fourth-order valence-corrected chi connectivity index (χ4v) is 2.62. The zero-order chi connectivity index (χ0) is 20.3. The lowest BCUT2D eigenvalue weighted by Crippen LogP contribution is -2.38. The minimum atomic E-state index is -4.38. The molecular weight excluding hydrogens is 378 g/mol. The first kappa shape index (κ1) is 21.1. The van der Waals surface area contributed by atoms with Crippen molar-refractivity contribution < 1.29 is 31.1 Å². The fourth-order valence-electron chi connectivity index (χ4n) is 2.62. The number of urea groups is 1. The Morgan fingerprint density at radius 1 is 1.22 bits per heavy atom. The third-order valence-corrected chi connectivity index (χ3v) is 4.41. The van der Waals surface area contributed by atoms with Crippen molar-refractivity contribution in [3.8, 4) is 0 Å². The number of nitrogens with one attached hydrogen (secondary N) is 2. The van der Waals surface area contributed by atoms with Gasteiger partial charge in [-0.05, 0) is 37.0 Å². The zero-order valence-corrected chi connectivity index (χ0v) is 14.5. The number of pyridine rings is 1. The highest BCUT2D eigenvalue weighted by Crippen LogP contribution is 2.59. The molecule has 1 heterocycles. The molecule has 1 aliphatic rings. The van der Waals surface area contributed by atoms with Crippen molar-refractivity contribution in [2.75, 3.05) is 25.0 Å². The summed E-state index contributed by atoms with van der Waals surface area (Å²) in [7, 11) is 1.24. The number of halogens is 6. The summed E-state index contributed by atoms with van der Waals surface area (Å²) in [5.41, 5.74) is -1.17. The summed E-state index contributed by atoms with van der Waals surface area (Å²) in [6, 6.07) is 2.28. The van der Waals surface area contributed by atoms with Gasteiger partial charge in [-0.2, -0.15) is 26.3 Å². The standard InChI is InChI=1S/C16H20F6N4O/c1-26(10-15(17,18)19)12-8-11(2-6-23-12)9-25-13(27)24-7-5-14(3-4-14)16(20,21)22/h2,6,8H,3-5,7,9-10H2,1H3,(H2,24,25,27). The molecule has 1 saturated carbocycles. The Morgan fingerprint density at radius 2 is 1.89 bits per heavy atom. The number of nitrogens with zero attached hydrogens (tertiary/aromatic N) is 2. The second kappa shape index (κ2) is 7.81. The van der Waals surface area contributed by atoms with Gasteiger partial charge in [-0.3, -0.25) is 0 Å². The van der Waals surface area contributed by atoms with Crippen molar-refractivity contribution in [1.82, 2.24) is 15.6 Å². The molecule has 0 bridgehead atoms. The van der Waals surface area contributed by atoms with E-state index in [4.69, 9.17) is 0 Å². The molecule has 0 aromatic carbocycles. The maximum atomic E-state index is 12.8. The Balaban J connectivity index is 1.77. The highest BCUT2D eigenvalue weighted by molar-refractivity contribution is 5.73. The normalized spacial score (nSPS) is 16.0. The van der Waals surface area contributed by atoms with Gasteiger partial charge >= 0.3 is 18.4 Å². The van der Waals surface area contributed by atoms with Crippen LogP contribution in [0.2, 0.25) is 0 Å². The molecule has 1 aliphatic carbocycles. The highest BCUT2D eigenvalue weighted by atomic mass is 19.4. The number of carbonyl (C=O) groups excluding carboxylic acids is 1.